The minimum atomic E-state index is -2.97. The van der Waals surface area contributed by atoms with Gasteiger partial charge in [-0.25, -0.2) is 22.5 Å². The lowest BCUT2D eigenvalue weighted by Crippen LogP contribution is -1.96. The van der Waals surface area contributed by atoms with Crippen molar-refractivity contribution < 1.29 is 27.0 Å². The molecule has 7 heteroatoms. The first kappa shape index (κ1) is 17.7. The van der Waals surface area contributed by atoms with Gasteiger partial charge in [0.05, 0.1) is 18.4 Å². The Hall–Kier alpha value is -3.09. The lowest BCUT2D eigenvalue weighted by Gasteiger charge is -2.10. The summed E-state index contributed by atoms with van der Waals surface area (Å²) < 4.78 is 63.7. The molecule has 0 saturated heterocycles. The molecule has 2 aromatic carbocycles. The minimum Gasteiger partial charge on any atom is -0.494 e. The Kier molecular flexibility index (Phi) is 5.06. The number of halogens is 4. The summed E-state index contributed by atoms with van der Waals surface area (Å²) in [5.41, 5.74) is -0.297. The zero-order chi connectivity index (χ0) is 18.7. The van der Waals surface area contributed by atoms with Crippen molar-refractivity contribution in [2.45, 2.75) is 6.43 Å². The van der Waals surface area contributed by atoms with E-state index in [9.17, 15) is 17.6 Å². The Morgan fingerprint density at radius 3 is 2.46 bits per heavy atom. The van der Waals surface area contributed by atoms with Crippen molar-refractivity contribution in [1.82, 2.24) is 4.98 Å². The Morgan fingerprint density at radius 2 is 1.73 bits per heavy atom. The molecule has 1 aromatic heterocycles. The van der Waals surface area contributed by atoms with Crippen molar-refractivity contribution in [3.8, 4) is 28.6 Å². The average Bonchev–Trinajstić information content (AvgIpc) is 2.63. The third kappa shape index (κ3) is 3.61. The number of pyridine rings is 1. The molecule has 0 bridgehead atoms. The number of rotatable bonds is 5. The second kappa shape index (κ2) is 7.43. The Bertz CT molecular complexity index is 931. The van der Waals surface area contributed by atoms with Gasteiger partial charge in [0.1, 0.15) is 11.6 Å². The van der Waals surface area contributed by atoms with Crippen molar-refractivity contribution in [2.24, 2.45) is 0 Å². The molecule has 0 aliphatic heterocycles. The highest BCUT2D eigenvalue weighted by molar-refractivity contribution is 5.62. The van der Waals surface area contributed by atoms with Crippen LogP contribution in [0.3, 0.4) is 0 Å². The topological polar surface area (TPSA) is 31.4 Å². The van der Waals surface area contributed by atoms with Gasteiger partial charge in [-0.2, -0.15) is 0 Å². The summed E-state index contributed by atoms with van der Waals surface area (Å²) in [5.74, 6) is -1.49. The van der Waals surface area contributed by atoms with Crippen molar-refractivity contribution >= 4 is 0 Å². The van der Waals surface area contributed by atoms with Crippen LogP contribution in [0, 0.1) is 11.6 Å². The fraction of sp³-hybridized carbons (Fsp3) is 0.105. The van der Waals surface area contributed by atoms with Crippen LogP contribution < -0.4 is 9.47 Å². The summed E-state index contributed by atoms with van der Waals surface area (Å²) in [4.78, 5) is 4.17. The SMILES string of the molecule is COc1cccc(-c2cccc(Oc3ccc(F)c(C(F)F)c3)n2)c1F. The van der Waals surface area contributed by atoms with Gasteiger partial charge in [0.15, 0.2) is 11.6 Å². The van der Waals surface area contributed by atoms with E-state index in [1.807, 2.05) is 0 Å². The van der Waals surface area contributed by atoms with E-state index in [-0.39, 0.29) is 28.6 Å². The first-order chi connectivity index (χ1) is 12.5. The Balaban J connectivity index is 1.93. The van der Waals surface area contributed by atoms with E-state index in [1.54, 1.807) is 18.2 Å². The zero-order valence-electron chi connectivity index (χ0n) is 13.5. The van der Waals surface area contributed by atoms with E-state index < -0.39 is 23.6 Å². The van der Waals surface area contributed by atoms with E-state index >= 15 is 0 Å². The second-order valence-electron chi connectivity index (χ2n) is 5.27. The molecular weight excluding hydrogens is 350 g/mol. The summed E-state index contributed by atoms with van der Waals surface area (Å²) in [6.45, 7) is 0. The van der Waals surface area contributed by atoms with Crippen LogP contribution >= 0.6 is 0 Å². The Morgan fingerprint density at radius 1 is 0.962 bits per heavy atom. The fourth-order valence-corrected chi connectivity index (χ4v) is 2.36. The molecule has 0 atom stereocenters. The minimum absolute atomic E-state index is 0.00235. The van der Waals surface area contributed by atoms with Crippen LogP contribution in [0.5, 0.6) is 17.4 Å². The van der Waals surface area contributed by atoms with Gasteiger partial charge in [0, 0.05) is 11.6 Å². The maximum absolute atomic E-state index is 14.4. The van der Waals surface area contributed by atoms with Crippen molar-refractivity contribution in [1.29, 1.82) is 0 Å². The van der Waals surface area contributed by atoms with E-state index in [2.05, 4.69) is 4.98 Å². The van der Waals surface area contributed by atoms with Crippen LogP contribution in [0.1, 0.15) is 12.0 Å². The number of alkyl halides is 2. The molecule has 0 unspecified atom stereocenters. The predicted octanol–water partition coefficient (Wildman–Crippen LogP) is 5.77. The van der Waals surface area contributed by atoms with E-state index in [1.165, 1.54) is 31.4 Å². The number of nitrogens with zero attached hydrogens (tertiary/aromatic N) is 1. The van der Waals surface area contributed by atoms with Gasteiger partial charge in [-0.1, -0.05) is 12.1 Å². The smallest absolute Gasteiger partial charge is 0.266 e. The third-order valence-corrected chi connectivity index (χ3v) is 3.61. The first-order valence-electron chi connectivity index (χ1n) is 7.55. The zero-order valence-corrected chi connectivity index (χ0v) is 13.5. The monoisotopic (exact) mass is 363 g/mol. The van der Waals surface area contributed by atoms with E-state index in [4.69, 9.17) is 9.47 Å². The number of ether oxygens (including phenoxy) is 2. The van der Waals surface area contributed by atoms with Gasteiger partial charge in [0.25, 0.3) is 6.43 Å². The number of methoxy groups -OCH3 is 1. The van der Waals surface area contributed by atoms with Gasteiger partial charge in [-0.3, -0.25) is 0 Å². The highest BCUT2D eigenvalue weighted by Gasteiger charge is 2.16. The first-order valence-corrected chi connectivity index (χ1v) is 7.55. The molecule has 0 aliphatic rings. The van der Waals surface area contributed by atoms with Gasteiger partial charge in [0.2, 0.25) is 5.88 Å². The molecule has 26 heavy (non-hydrogen) atoms. The van der Waals surface area contributed by atoms with Crippen LogP contribution in [0.15, 0.2) is 54.6 Å². The number of hydrogen-bond acceptors (Lipinski definition) is 3. The lowest BCUT2D eigenvalue weighted by molar-refractivity contribution is 0.146. The van der Waals surface area contributed by atoms with Crippen LogP contribution in [-0.2, 0) is 0 Å². The largest absolute Gasteiger partial charge is 0.494 e. The molecule has 0 radical (unpaired) electrons. The molecule has 3 rings (SSSR count). The summed E-state index contributed by atoms with van der Waals surface area (Å²) in [5, 5.41) is 0. The predicted molar refractivity (Wildman–Crippen MR) is 87.6 cm³/mol. The highest BCUT2D eigenvalue weighted by atomic mass is 19.3. The van der Waals surface area contributed by atoms with Crippen LogP contribution in [0.2, 0.25) is 0 Å². The third-order valence-electron chi connectivity index (χ3n) is 3.61. The normalized spacial score (nSPS) is 10.8. The van der Waals surface area contributed by atoms with Crippen LogP contribution in [-0.4, -0.2) is 12.1 Å². The number of aromatic nitrogens is 1. The molecule has 0 spiro atoms. The summed E-state index contributed by atoms with van der Waals surface area (Å²) >= 11 is 0. The molecule has 1 heterocycles. The molecule has 134 valence electrons. The molecule has 0 fully saturated rings. The summed E-state index contributed by atoms with van der Waals surface area (Å²) in [6.07, 6.45) is -2.97. The maximum Gasteiger partial charge on any atom is 0.266 e. The van der Waals surface area contributed by atoms with Crippen molar-refractivity contribution in [3.63, 3.8) is 0 Å². The molecule has 0 amide bonds. The Labute approximate surface area is 146 Å². The van der Waals surface area contributed by atoms with Gasteiger partial charge >= 0.3 is 0 Å². The molecule has 0 saturated carbocycles. The molecular formula is C19H13F4NO2. The van der Waals surface area contributed by atoms with E-state index in [0.29, 0.717) is 0 Å². The average molecular weight is 363 g/mol. The van der Waals surface area contributed by atoms with Gasteiger partial charge < -0.3 is 9.47 Å². The van der Waals surface area contributed by atoms with E-state index in [0.717, 1.165) is 12.1 Å². The molecule has 0 N–H and O–H groups in total. The molecule has 0 aliphatic carbocycles. The van der Waals surface area contributed by atoms with Crippen molar-refractivity contribution in [2.75, 3.05) is 7.11 Å². The fourth-order valence-electron chi connectivity index (χ4n) is 2.36. The van der Waals surface area contributed by atoms with Crippen LogP contribution in [0.4, 0.5) is 17.6 Å². The second-order valence-corrected chi connectivity index (χ2v) is 5.27. The number of hydrogen-bond donors (Lipinski definition) is 0. The maximum atomic E-state index is 14.4. The van der Waals surface area contributed by atoms with Gasteiger partial charge in [-0.05, 0) is 36.4 Å². The summed E-state index contributed by atoms with van der Waals surface area (Å²) in [7, 11) is 1.35. The highest BCUT2D eigenvalue weighted by Crippen LogP contribution is 2.31. The van der Waals surface area contributed by atoms with Crippen molar-refractivity contribution in [3.05, 3.63) is 71.8 Å². The van der Waals surface area contributed by atoms with Gasteiger partial charge in [-0.15, -0.1) is 0 Å². The van der Waals surface area contributed by atoms with Crippen LogP contribution in [0.25, 0.3) is 11.3 Å². The summed E-state index contributed by atoms with van der Waals surface area (Å²) in [6, 6.07) is 12.2. The number of benzene rings is 2. The molecule has 3 nitrogen and oxygen atoms in total. The quantitative estimate of drug-likeness (QED) is 0.540. The standard InChI is InChI=1S/C19H13F4NO2/c1-25-16-6-2-4-12(18(16)21)15-5-3-7-17(24-15)26-11-8-9-14(20)13(10-11)19(22)23/h2-10,19H,1H3. The molecule has 3 aromatic rings. The lowest BCUT2D eigenvalue weighted by atomic mass is 10.1.